The molecule has 0 atom stereocenters. The lowest BCUT2D eigenvalue weighted by Crippen LogP contribution is -2.17. The number of fused-ring (bicyclic) bond motifs is 1. The molecule has 1 N–H and O–H groups in total. The molecule has 0 aliphatic rings. The summed E-state index contributed by atoms with van der Waals surface area (Å²) in [6.07, 6.45) is 2.17. The highest BCUT2D eigenvalue weighted by molar-refractivity contribution is 5.54. The normalized spacial score (nSPS) is 10.5. The molecule has 0 amide bonds. The molecule has 76 valence electrons. The summed E-state index contributed by atoms with van der Waals surface area (Å²) in [5.41, 5.74) is 2.20. The van der Waals surface area contributed by atoms with Gasteiger partial charge in [-0.2, -0.15) is 10.4 Å². The highest BCUT2D eigenvalue weighted by Crippen LogP contribution is 2.10. The first-order chi connectivity index (χ1) is 7.19. The second kappa shape index (κ2) is 3.24. The topological polar surface area (TPSA) is 73.9 Å². The lowest BCUT2D eigenvalue weighted by atomic mass is 10.2. The molecule has 0 aliphatic carbocycles. The monoisotopic (exact) mass is 202 g/mol. The number of aromatic nitrogens is 3. The first kappa shape index (κ1) is 9.46. The minimum Gasteiger partial charge on any atom is -0.306 e. The van der Waals surface area contributed by atoms with E-state index in [1.807, 2.05) is 13.0 Å². The maximum absolute atomic E-state index is 11.6. The van der Waals surface area contributed by atoms with E-state index in [1.165, 1.54) is 6.20 Å². The summed E-state index contributed by atoms with van der Waals surface area (Å²) in [5.74, 6) is 0. The van der Waals surface area contributed by atoms with Crippen LogP contribution in [0.4, 0.5) is 0 Å². The summed E-state index contributed by atoms with van der Waals surface area (Å²) in [4.78, 5) is 14.2. The molecule has 2 rings (SSSR count). The maximum atomic E-state index is 11.6. The lowest BCUT2D eigenvalue weighted by molar-refractivity contribution is 0.827. The quantitative estimate of drug-likeness (QED) is 0.742. The van der Waals surface area contributed by atoms with Crippen LogP contribution in [0.25, 0.3) is 5.65 Å². The number of aromatic amines is 1. The van der Waals surface area contributed by atoms with Gasteiger partial charge < -0.3 is 4.98 Å². The van der Waals surface area contributed by atoms with E-state index in [4.69, 9.17) is 5.26 Å². The average molecular weight is 202 g/mol. The van der Waals surface area contributed by atoms with Crippen molar-refractivity contribution in [2.24, 2.45) is 0 Å². The predicted molar refractivity (Wildman–Crippen MR) is 54.6 cm³/mol. The molecule has 0 aliphatic heterocycles. The van der Waals surface area contributed by atoms with E-state index in [9.17, 15) is 4.79 Å². The van der Waals surface area contributed by atoms with Gasteiger partial charge in [0.2, 0.25) is 0 Å². The fourth-order valence-electron chi connectivity index (χ4n) is 1.66. The molecule has 2 aromatic rings. The van der Waals surface area contributed by atoms with Crippen LogP contribution in [0, 0.1) is 18.3 Å². The minimum atomic E-state index is -0.156. The van der Waals surface area contributed by atoms with E-state index in [0.29, 0.717) is 23.2 Å². The van der Waals surface area contributed by atoms with Gasteiger partial charge in [0, 0.05) is 5.56 Å². The molecule has 0 saturated heterocycles. The smallest absolute Gasteiger partial charge is 0.254 e. The van der Waals surface area contributed by atoms with Crippen molar-refractivity contribution in [3.8, 4) is 6.07 Å². The van der Waals surface area contributed by atoms with E-state index in [-0.39, 0.29) is 5.56 Å². The van der Waals surface area contributed by atoms with Crippen LogP contribution in [0.3, 0.4) is 0 Å². The Balaban J connectivity index is 2.98. The zero-order chi connectivity index (χ0) is 11.0. The third-order valence-corrected chi connectivity index (χ3v) is 2.49. The Kier molecular flexibility index (Phi) is 2.05. The van der Waals surface area contributed by atoms with E-state index < -0.39 is 0 Å². The van der Waals surface area contributed by atoms with E-state index in [0.717, 1.165) is 5.69 Å². The molecule has 0 radical (unpaired) electrons. The number of rotatable bonds is 1. The Morgan fingerprint density at radius 1 is 1.67 bits per heavy atom. The van der Waals surface area contributed by atoms with Gasteiger partial charge in [0.25, 0.3) is 5.56 Å². The maximum Gasteiger partial charge on any atom is 0.254 e. The number of nitriles is 1. The number of nitrogens with zero attached hydrogens (tertiary/aromatic N) is 3. The molecule has 0 aromatic carbocycles. The van der Waals surface area contributed by atoms with Gasteiger partial charge in [-0.3, -0.25) is 4.79 Å². The van der Waals surface area contributed by atoms with Crippen LogP contribution in [-0.4, -0.2) is 14.6 Å². The molecule has 5 nitrogen and oxygen atoms in total. The van der Waals surface area contributed by atoms with Crippen molar-refractivity contribution in [2.45, 2.75) is 20.3 Å². The minimum absolute atomic E-state index is 0.156. The molecule has 0 bridgehead atoms. The highest BCUT2D eigenvalue weighted by atomic mass is 16.1. The summed E-state index contributed by atoms with van der Waals surface area (Å²) in [5, 5.41) is 12.9. The van der Waals surface area contributed by atoms with E-state index in [1.54, 1.807) is 11.4 Å². The summed E-state index contributed by atoms with van der Waals surface area (Å²) >= 11 is 0. The summed E-state index contributed by atoms with van der Waals surface area (Å²) in [7, 11) is 0. The number of nitrogens with one attached hydrogen (secondary N) is 1. The molecule has 0 saturated carbocycles. The van der Waals surface area contributed by atoms with Gasteiger partial charge in [-0.15, -0.1) is 0 Å². The number of hydrogen-bond acceptors (Lipinski definition) is 3. The standard InChI is InChI=1S/C10H10N4O/c1-3-8-6(2)10(15)13-9-7(4-11)5-12-14(8)9/h5H,3H2,1-2H3,(H,13,15). The van der Waals surface area contributed by atoms with Crippen LogP contribution in [-0.2, 0) is 6.42 Å². The van der Waals surface area contributed by atoms with Gasteiger partial charge in [0.05, 0.1) is 11.9 Å². The van der Waals surface area contributed by atoms with Gasteiger partial charge >= 0.3 is 0 Å². The molecule has 2 heterocycles. The van der Waals surface area contributed by atoms with Crippen molar-refractivity contribution in [2.75, 3.05) is 0 Å². The Labute approximate surface area is 86.0 Å². The Hall–Kier alpha value is -2.09. The Bertz CT molecular complexity index is 615. The lowest BCUT2D eigenvalue weighted by Gasteiger charge is -2.04. The summed E-state index contributed by atoms with van der Waals surface area (Å²) in [6, 6.07) is 1.99. The van der Waals surface area contributed by atoms with Gasteiger partial charge in [-0.05, 0) is 13.3 Å². The van der Waals surface area contributed by atoms with Gasteiger partial charge in [0.15, 0.2) is 5.65 Å². The highest BCUT2D eigenvalue weighted by Gasteiger charge is 2.11. The third-order valence-electron chi connectivity index (χ3n) is 2.49. The zero-order valence-electron chi connectivity index (χ0n) is 8.53. The molecule has 0 spiro atoms. The van der Waals surface area contributed by atoms with Crippen molar-refractivity contribution in [1.82, 2.24) is 14.6 Å². The van der Waals surface area contributed by atoms with Crippen molar-refractivity contribution in [3.05, 3.63) is 33.4 Å². The summed E-state index contributed by atoms with van der Waals surface area (Å²) < 4.78 is 1.62. The molecular weight excluding hydrogens is 192 g/mol. The Morgan fingerprint density at radius 3 is 3.00 bits per heavy atom. The number of aryl methyl sites for hydroxylation is 1. The fraction of sp³-hybridized carbons (Fsp3) is 0.300. The predicted octanol–water partition coefficient (Wildman–Crippen LogP) is 0.765. The van der Waals surface area contributed by atoms with Crippen LogP contribution in [0.1, 0.15) is 23.7 Å². The SMILES string of the molecule is CCc1c(C)c(=O)[nH]c2c(C#N)cnn12. The van der Waals surface area contributed by atoms with Crippen LogP contribution in [0.2, 0.25) is 0 Å². The largest absolute Gasteiger partial charge is 0.306 e. The van der Waals surface area contributed by atoms with E-state index >= 15 is 0 Å². The van der Waals surface area contributed by atoms with Gasteiger partial charge in [0.1, 0.15) is 11.6 Å². The average Bonchev–Trinajstić information content (AvgIpc) is 2.62. The number of hydrogen-bond donors (Lipinski definition) is 1. The fourth-order valence-corrected chi connectivity index (χ4v) is 1.66. The van der Waals surface area contributed by atoms with Crippen LogP contribution >= 0.6 is 0 Å². The first-order valence-electron chi connectivity index (χ1n) is 4.68. The molecule has 5 heteroatoms. The van der Waals surface area contributed by atoms with Crippen molar-refractivity contribution in [3.63, 3.8) is 0 Å². The summed E-state index contributed by atoms with van der Waals surface area (Å²) in [6.45, 7) is 3.71. The number of H-pyrrole nitrogens is 1. The Morgan fingerprint density at radius 2 is 2.40 bits per heavy atom. The van der Waals surface area contributed by atoms with Crippen molar-refractivity contribution in [1.29, 1.82) is 5.26 Å². The molecule has 2 aromatic heterocycles. The van der Waals surface area contributed by atoms with Crippen molar-refractivity contribution < 1.29 is 0 Å². The molecule has 15 heavy (non-hydrogen) atoms. The van der Waals surface area contributed by atoms with Crippen LogP contribution in [0.5, 0.6) is 0 Å². The van der Waals surface area contributed by atoms with Crippen LogP contribution in [0.15, 0.2) is 11.0 Å². The van der Waals surface area contributed by atoms with E-state index in [2.05, 4.69) is 10.1 Å². The second-order valence-corrected chi connectivity index (χ2v) is 3.31. The van der Waals surface area contributed by atoms with Gasteiger partial charge in [-0.25, -0.2) is 4.52 Å². The molecular formula is C10H10N4O. The van der Waals surface area contributed by atoms with Crippen molar-refractivity contribution >= 4 is 5.65 Å². The zero-order valence-corrected chi connectivity index (χ0v) is 8.53. The molecule has 0 unspecified atom stereocenters. The molecule has 0 fully saturated rings. The second-order valence-electron chi connectivity index (χ2n) is 3.31. The van der Waals surface area contributed by atoms with Crippen LogP contribution < -0.4 is 5.56 Å². The third kappa shape index (κ3) is 1.22. The van der Waals surface area contributed by atoms with Gasteiger partial charge in [-0.1, -0.05) is 6.92 Å². The first-order valence-corrected chi connectivity index (χ1v) is 4.68.